The van der Waals surface area contributed by atoms with Crippen molar-refractivity contribution in [3.63, 3.8) is 0 Å². The van der Waals surface area contributed by atoms with Crippen LogP contribution in [-0.4, -0.2) is 49.3 Å². The monoisotopic (exact) mass is 520 g/mol. The van der Waals surface area contributed by atoms with Crippen LogP contribution in [0.4, 0.5) is 13.2 Å². The predicted octanol–water partition coefficient (Wildman–Crippen LogP) is 5.19. The third kappa shape index (κ3) is 4.06. The summed E-state index contributed by atoms with van der Waals surface area (Å²) in [5.41, 5.74) is 9.81. The normalized spacial score (nSPS) is 21.8. The van der Waals surface area contributed by atoms with Crippen molar-refractivity contribution in [3.05, 3.63) is 85.3 Å². The average Bonchev–Trinajstić information content (AvgIpc) is 3.58. The van der Waals surface area contributed by atoms with Gasteiger partial charge in [0.2, 0.25) is 0 Å². The van der Waals surface area contributed by atoms with E-state index in [1.807, 2.05) is 0 Å². The standard InChI is InChI=1S/C21H16ClF3N8OS/c22-14-5-12(23)1-2-13(14)17-16(11-7-28-33(8-11)20(24)25)15-6-21(10-34,30-31-26)9-32(15)18(29-17)19-27-3-4-35-19/h1-5,7-8,17,20,34H,6,9-10H2/t17-,21?/m0/s1. The molecule has 2 aliphatic rings. The molecule has 2 aromatic heterocycles. The van der Waals surface area contributed by atoms with Crippen LogP contribution >= 0.6 is 22.9 Å². The maximum atomic E-state index is 13.9. The number of fused-ring (bicyclic) bond motifs is 1. The highest BCUT2D eigenvalue weighted by Gasteiger charge is 2.47. The molecule has 3 aromatic rings. The summed E-state index contributed by atoms with van der Waals surface area (Å²) in [6, 6.07) is 3.05. The van der Waals surface area contributed by atoms with Gasteiger partial charge in [0.25, 0.3) is 0 Å². The van der Waals surface area contributed by atoms with E-state index in [0.717, 1.165) is 6.07 Å². The van der Waals surface area contributed by atoms with E-state index in [0.29, 0.717) is 37.9 Å². The molecule has 0 bridgehead atoms. The van der Waals surface area contributed by atoms with Crippen LogP contribution in [0.3, 0.4) is 0 Å². The van der Waals surface area contributed by atoms with E-state index in [4.69, 9.17) is 22.1 Å². The van der Waals surface area contributed by atoms with Crippen molar-refractivity contribution in [1.82, 2.24) is 19.7 Å². The Morgan fingerprint density at radius 2 is 2.23 bits per heavy atom. The summed E-state index contributed by atoms with van der Waals surface area (Å²) in [6.45, 7) is -3.22. The molecule has 1 N–H and O–H groups in total. The quantitative estimate of drug-likeness (QED) is 0.273. The molecule has 5 rings (SSSR count). The topological polar surface area (TPSA) is 115 Å². The van der Waals surface area contributed by atoms with E-state index < -0.39 is 30.6 Å². The third-order valence-electron chi connectivity index (χ3n) is 5.91. The first-order valence-electron chi connectivity index (χ1n) is 10.3. The van der Waals surface area contributed by atoms with Gasteiger partial charge in [0.1, 0.15) is 11.9 Å². The number of aliphatic hydroxyl groups is 1. The first-order chi connectivity index (χ1) is 16.9. The van der Waals surface area contributed by atoms with Crippen LogP contribution in [0.5, 0.6) is 0 Å². The fourth-order valence-electron chi connectivity index (χ4n) is 4.37. The van der Waals surface area contributed by atoms with Crippen LogP contribution in [0.15, 0.2) is 58.0 Å². The van der Waals surface area contributed by atoms with Gasteiger partial charge in [-0.15, -0.1) is 11.3 Å². The van der Waals surface area contributed by atoms with Crippen molar-refractivity contribution < 1.29 is 18.3 Å². The van der Waals surface area contributed by atoms with Crippen LogP contribution in [-0.2, 0) is 0 Å². The molecule has 0 radical (unpaired) electrons. The number of aromatic nitrogens is 3. The Kier molecular flexibility index (Phi) is 6.01. The maximum Gasteiger partial charge on any atom is 0.333 e. The van der Waals surface area contributed by atoms with Gasteiger partial charge in [-0.25, -0.2) is 14.1 Å². The third-order valence-corrected chi connectivity index (χ3v) is 7.01. The van der Waals surface area contributed by atoms with Gasteiger partial charge in [-0.2, -0.15) is 13.9 Å². The molecule has 0 amide bonds. The smallest absolute Gasteiger partial charge is 0.333 e. The molecule has 180 valence electrons. The number of alkyl halides is 2. The summed E-state index contributed by atoms with van der Waals surface area (Å²) in [6.07, 6.45) is 4.18. The molecule has 0 saturated carbocycles. The Bertz CT molecular complexity index is 1380. The van der Waals surface area contributed by atoms with Crippen molar-refractivity contribution in [1.29, 1.82) is 0 Å². The lowest BCUT2D eigenvalue weighted by molar-refractivity contribution is 0.0566. The van der Waals surface area contributed by atoms with Gasteiger partial charge in [-0.3, -0.25) is 4.99 Å². The zero-order valence-corrected chi connectivity index (χ0v) is 19.3. The molecule has 4 heterocycles. The van der Waals surface area contributed by atoms with Crippen LogP contribution in [0.1, 0.15) is 35.1 Å². The summed E-state index contributed by atoms with van der Waals surface area (Å²) in [5, 5.41) is 20.2. The Morgan fingerprint density at radius 3 is 2.86 bits per heavy atom. The molecule has 1 fully saturated rings. The van der Waals surface area contributed by atoms with E-state index in [2.05, 4.69) is 20.1 Å². The molecule has 0 aliphatic carbocycles. The van der Waals surface area contributed by atoms with Crippen LogP contribution in [0, 0.1) is 5.82 Å². The summed E-state index contributed by atoms with van der Waals surface area (Å²) < 4.78 is 41.1. The molecule has 1 unspecified atom stereocenters. The molecule has 35 heavy (non-hydrogen) atoms. The number of aliphatic hydroxyl groups excluding tert-OH is 1. The van der Waals surface area contributed by atoms with Crippen molar-refractivity contribution >= 4 is 34.3 Å². The number of azide groups is 1. The van der Waals surface area contributed by atoms with Gasteiger partial charge in [-0.1, -0.05) is 22.8 Å². The second-order valence-electron chi connectivity index (χ2n) is 8.04. The lowest BCUT2D eigenvalue weighted by Gasteiger charge is -2.32. The van der Waals surface area contributed by atoms with Crippen LogP contribution in [0.2, 0.25) is 5.02 Å². The first kappa shape index (κ1) is 23.4. The van der Waals surface area contributed by atoms with Gasteiger partial charge >= 0.3 is 6.55 Å². The molecular formula is C21H16ClF3N8OS. The second-order valence-corrected chi connectivity index (χ2v) is 9.34. The summed E-state index contributed by atoms with van der Waals surface area (Å²) >= 11 is 7.74. The number of nitrogens with zero attached hydrogens (tertiary/aromatic N) is 8. The van der Waals surface area contributed by atoms with E-state index in [1.54, 1.807) is 16.5 Å². The Balaban J connectivity index is 1.78. The molecule has 9 nitrogen and oxygen atoms in total. The van der Waals surface area contributed by atoms with Crippen molar-refractivity contribution in [3.8, 4) is 0 Å². The van der Waals surface area contributed by atoms with Crippen molar-refractivity contribution in [2.45, 2.75) is 24.6 Å². The predicted molar refractivity (Wildman–Crippen MR) is 123 cm³/mol. The highest BCUT2D eigenvalue weighted by atomic mass is 35.5. The number of halogens is 4. The maximum absolute atomic E-state index is 13.9. The molecule has 0 spiro atoms. The van der Waals surface area contributed by atoms with Gasteiger partial charge in [0.05, 0.1) is 18.3 Å². The lowest BCUT2D eigenvalue weighted by Crippen LogP contribution is -2.38. The van der Waals surface area contributed by atoms with Crippen molar-refractivity contribution in [2.75, 3.05) is 13.2 Å². The van der Waals surface area contributed by atoms with E-state index >= 15 is 0 Å². The van der Waals surface area contributed by atoms with Crippen LogP contribution in [0.25, 0.3) is 16.0 Å². The zero-order valence-electron chi connectivity index (χ0n) is 17.8. The van der Waals surface area contributed by atoms with Gasteiger partial charge < -0.3 is 10.0 Å². The SMILES string of the molecule is [N-]=[N+]=NC1(CO)CC2=C(c3cnn(C(F)F)c3)[C@H](c3ccc(F)cc3Cl)N=C(c3nccs3)N2C1. The number of aliphatic imine (C=N–C) groups is 1. The first-order valence-corrected chi connectivity index (χ1v) is 11.5. The number of amidine groups is 1. The fraction of sp³-hybridized carbons (Fsp3) is 0.286. The largest absolute Gasteiger partial charge is 0.396 e. The molecule has 2 atom stereocenters. The van der Waals surface area contributed by atoms with Crippen molar-refractivity contribution in [2.24, 2.45) is 10.1 Å². The van der Waals surface area contributed by atoms with Gasteiger partial charge in [-0.05, 0) is 23.2 Å². The zero-order chi connectivity index (χ0) is 24.7. The van der Waals surface area contributed by atoms with E-state index in [-0.39, 0.29) is 18.0 Å². The molecule has 1 saturated heterocycles. The van der Waals surface area contributed by atoms with Crippen LogP contribution < -0.4 is 0 Å². The number of thiazole rings is 1. The lowest BCUT2D eigenvalue weighted by atomic mass is 9.89. The minimum Gasteiger partial charge on any atom is -0.396 e. The molecule has 14 heteroatoms. The highest BCUT2D eigenvalue weighted by Crippen LogP contribution is 2.49. The minimum absolute atomic E-state index is 0.0949. The fourth-order valence-corrected chi connectivity index (χ4v) is 5.28. The molecule has 1 aromatic carbocycles. The number of hydrogen-bond acceptors (Lipinski definition) is 7. The molecule has 2 aliphatic heterocycles. The Hall–Kier alpha value is -3.38. The number of hydrogen-bond donors (Lipinski definition) is 1. The number of benzene rings is 1. The van der Waals surface area contributed by atoms with Gasteiger partial charge in [0.15, 0.2) is 10.8 Å². The summed E-state index contributed by atoms with van der Waals surface area (Å²) in [7, 11) is 0. The summed E-state index contributed by atoms with van der Waals surface area (Å²) in [4.78, 5) is 13.9. The van der Waals surface area contributed by atoms with Gasteiger partial charge in [0, 0.05) is 57.5 Å². The van der Waals surface area contributed by atoms with E-state index in [9.17, 15) is 18.3 Å². The Labute approximate surface area is 205 Å². The molecular weight excluding hydrogens is 505 g/mol. The Morgan fingerprint density at radius 1 is 1.40 bits per heavy atom. The number of rotatable bonds is 6. The summed E-state index contributed by atoms with van der Waals surface area (Å²) in [5.74, 6) is -0.0996. The van der Waals surface area contributed by atoms with E-state index in [1.165, 1.54) is 35.9 Å². The highest BCUT2D eigenvalue weighted by molar-refractivity contribution is 7.11. The second kappa shape index (κ2) is 9.00. The minimum atomic E-state index is -2.86. The average molecular weight is 521 g/mol.